The summed E-state index contributed by atoms with van der Waals surface area (Å²) < 4.78 is 0. The van der Waals surface area contributed by atoms with Crippen LogP contribution in [0.15, 0.2) is 6.07 Å². The van der Waals surface area contributed by atoms with E-state index in [4.69, 9.17) is 5.73 Å². The minimum atomic E-state index is 0.202. The Morgan fingerprint density at radius 1 is 1.36 bits per heavy atom. The maximum atomic E-state index is 5.91. The van der Waals surface area contributed by atoms with E-state index in [0.717, 1.165) is 43.7 Å². The molecule has 0 spiro atoms. The Bertz CT molecular complexity index is 524. The predicted octanol–water partition coefficient (Wildman–Crippen LogP) is 1.70. The van der Waals surface area contributed by atoms with Crippen LogP contribution in [0.25, 0.3) is 0 Å². The Kier molecular flexibility index (Phi) is 4.12. The molecule has 122 valence electrons. The molecule has 6 nitrogen and oxygen atoms in total. The third-order valence-electron chi connectivity index (χ3n) is 4.51. The minimum Gasteiger partial charge on any atom is -0.369 e. The average molecular weight is 304 g/mol. The first-order chi connectivity index (χ1) is 10.4. The Morgan fingerprint density at radius 3 is 2.95 bits per heavy atom. The highest BCUT2D eigenvalue weighted by Crippen LogP contribution is 2.28. The fourth-order valence-corrected chi connectivity index (χ4v) is 3.32. The number of fused-ring (bicyclic) bond motifs is 1. The van der Waals surface area contributed by atoms with Gasteiger partial charge in [-0.2, -0.15) is 9.97 Å². The second-order valence-corrected chi connectivity index (χ2v) is 7.73. The van der Waals surface area contributed by atoms with E-state index >= 15 is 0 Å². The normalized spacial score (nSPS) is 25.1. The fraction of sp³-hybridized carbons (Fsp3) is 0.750. The largest absolute Gasteiger partial charge is 0.369 e. The van der Waals surface area contributed by atoms with Crippen molar-refractivity contribution in [3.8, 4) is 0 Å². The SMILES string of the molecule is CC(C)(C)CNc1cc(N2CC[C@@H]3NCC[C@@H]3C2)nc(N)n1. The first kappa shape index (κ1) is 15.3. The molecular formula is C16H28N6. The molecule has 0 aliphatic carbocycles. The molecule has 4 N–H and O–H groups in total. The van der Waals surface area contributed by atoms with Gasteiger partial charge in [0.25, 0.3) is 0 Å². The lowest BCUT2D eigenvalue weighted by molar-refractivity contribution is 0.375. The van der Waals surface area contributed by atoms with Gasteiger partial charge in [0, 0.05) is 31.7 Å². The van der Waals surface area contributed by atoms with E-state index in [9.17, 15) is 0 Å². The Balaban J connectivity index is 1.72. The number of nitrogen functional groups attached to an aromatic ring is 1. The van der Waals surface area contributed by atoms with Gasteiger partial charge in [0.1, 0.15) is 11.6 Å². The van der Waals surface area contributed by atoms with E-state index in [-0.39, 0.29) is 5.41 Å². The van der Waals surface area contributed by atoms with Crippen LogP contribution < -0.4 is 21.3 Å². The molecule has 0 bridgehead atoms. The highest BCUT2D eigenvalue weighted by Gasteiger charge is 2.33. The van der Waals surface area contributed by atoms with Crippen LogP contribution in [0.5, 0.6) is 0 Å². The van der Waals surface area contributed by atoms with Gasteiger partial charge in [0.15, 0.2) is 0 Å². The number of nitrogens with two attached hydrogens (primary N) is 1. The summed E-state index contributed by atoms with van der Waals surface area (Å²) in [6.45, 7) is 10.7. The molecule has 2 saturated heterocycles. The van der Waals surface area contributed by atoms with Crippen molar-refractivity contribution >= 4 is 17.6 Å². The van der Waals surface area contributed by atoms with Crippen molar-refractivity contribution in [1.82, 2.24) is 15.3 Å². The zero-order chi connectivity index (χ0) is 15.7. The molecule has 2 aliphatic heterocycles. The first-order valence-corrected chi connectivity index (χ1v) is 8.27. The smallest absolute Gasteiger partial charge is 0.223 e. The van der Waals surface area contributed by atoms with Crippen molar-refractivity contribution in [2.45, 2.75) is 39.7 Å². The molecule has 0 radical (unpaired) electrons. The van der Waals surface area contributed by atoms with Crippen LogP contribution in [0.4, 0.5) is 17.6 Å². The average Bonchev–Trinajstić information content (AvgIpc) is 2.91. The van der Waals surface area contributed by atoms with Gasteiger partial charge in [-0.05, 0) is 30.7 Å². The highest BCUT2D eigenvalue weighted by atomic mass is 15.2. The second-order valence-electron chi connectivity index (χ2n) is 7.73. The number of nitrogens with one attached hydrogen (secondary N) is 2. The van der Waals surface area contributed by atoms with Crippen LogP contribution in [0, 0.1) is 11.3 Å². The quantitative estimate of drug-likeness (QED) is 0.789. The van der Waals surface area contributed by atoms with Gasteiger partial charge >= 0.3 is 0 Å². The van der Waals surface area contributed by atoms with Crippen molar-refractivity contribution in [2.75, 3.05) is 42.1 Å². The molecule has 2 fully saturated rings. The van der Waals surface area contributed by atoms with Crippen LogP contribution in [0.3, 0.4) is 0 Å². The van der Waals surface area contributed by atoms with Crippen LogP contribution >= 0.6 is 0 Å². The molecule has 1 aromatic heterocycles. The van der Waals surface area contributed by atoms with Crippen molar-refractivity contribution in [1.29, 1.82) is 0 Å². The summed E-state index contributed by atoms with van der Waals surface area (Å²) in [7, 11) is 0. The number of hydrogen-bond donors (Lipinski definition) is 3. The number of rotatable bonds is 3. The number of hydrogen-bond acceptors (Lipinski definition) is 6. The highest BCUT2D eigenvalue weighted by molar-refractivity contribution is 5.53. The van der Waals surface area contributed by atoms with E-state index in [1.54, 1.807) is 0 Å². The molecular weight excluding hydrogens is 276 g/mol. The third kappa shape index (κ3) is 3.61. The molecule has 6 heteroatoms. The molecule has 0 unspecified atom stereocenters. The number of piperidine rings is 1. The van der Waals surface area contributed by atoms with Gasteiger partial charge in [-0.3, -0.25) is 0 Å². The van der Waals surface area contributed by atoms with Gasteiger partial charge < -0.3 is 21.3 Å². The molecule has 0 amide bonds. The topological polar surface area (TPSA) is 79.1 Å². The molecule has 2 atom stereocenters. The molecule has 3 rings (SSSR count). The zero-order valence-corrected chi connectivity index (χ0v) is 13.9. The molecule has 1 aromatic rings. The Labute approximate surface area is 132 Å². The number of nitrogens with zero attached hydrogens (tertiary/aromatic N) is 3. The fourth-order valence-electron chi connectivity index (χ4n) is 3.32. The van der Waals surface area contributed by atoms with E-state index in [0.29, 0.717) is 12.0 Å². The summed E-state index contributed by atoms with van der Waals surface area (Å²) in [5.41, 5.74) is 6.11. The molecule has 0 saturated carbocycles. The maximum absolute atomic E-state index is 5.91. The van der Waals surface area contributed by atoms with Crippen molar-refractivity contribution in [2.24, 2.45) is 11.3 Å². The van der Waals surface area contributed by atoms with Gasteiger partial charge in [-0.25, -0.2) is 0 Å². The summed E-state index contributed by atoms with van der Waals surface area (Å²) >= 11 is 0. The van der Waals surface area contributed by atoms with E-state index in [1.807, 2.05) is 6.07 Å². The van der Waals surface area contributed by atoms with E-state index < -0.39 is 0 Å². The summed E-state index contributed by atoms with van der Waals surface area (Å²) in [5.74, 6) is 2.86. The minimum absolute atomic E-state index is 0.202. The molecule has 0 aromatic carbocycles. The standard InChI is InChI=1S/C16H28N6/c1-16(2,3)10-19-13-8-14(21-15(17)20-13)22-7-5-12-11(9-22)4-6-18-12/h8,11-12,18H,4-7,9-10H2,1-3H3,(H3,17,19,20,21)/t11-,12+/m1/s1. The molecule has 2 aliphatic rings. The van der Waals surface area contributed by atoms with Gasteiger partial charge in [0.05, 0.1) is 0 Å². The van der Waals surface area contributed by atoms with Crippen LogP contribution in [0.2, 0.25) is 0 Å². The summed E-state index contributed by atoms with van der Waals surface area (Å²) in [5, 5.41) is 6.97. The predicted molar refractivity (Wildman–Crippen MR) is 91.1 cm³/mol. The van der Waals surface area contributed by atoms with E-state index in [2.05, 4.69) is 46.3 Å². The Morgan fingerprint density at radius 2 is 2.18 bits per heavy atom. The van der Waals surface area contributed by atoms with Gasteiger partial charge in [0.2, 0.25) is 5.95 Å². The molecule has 3 heterocycles. The van der Waals surface area contributed by atoms with Crippen molar-refractivity contribution < 1.29 is 0 Å². The van der Waals surface area contributed by atoms with Gasteiger partial charge in [-0.1, -0.05) is 20.8 Å². The number of anilines is 3. The lowest BCUT2D eigenvalue weighted by atomic mass is 9.93. The lowest BCUT2D eigenvalue weighted by Crippen LogP contribution is -2.44. The summed E-state index contributed by atoms with van der Waals surface area (Å²) in [6.07, 6.45) is 2.44. The number of aromatic nitrogens is 2. The zero-order valence-electron chi connectivity index (χ0n) is 13.9. The molecule has 22 heavy (non-hydrogen) atoms. The summed E-state index contributed by atoms with van der Waals surface area (Å²) in [6, 6.07) is 2.72. The van der Waals surface area contributed by atoms with Crippen LogP contribution in [0.1, 0.15) is 33.6 Å². The third-order valence-corrected chi connectivity index (χ3v) is 4.51. The van der Waals surface area contributed by atoms with Crippen molar-refractivity contribution in [3.05, 3.63) is 6.07 Å². The lowest BCUT2D eigenvalue weighted by Gasteiger charge is -2.35. The Hall–Kier alpha value is -1.56. The first-order valence-electron chi connectivity index (χ1n) is 8.27. The second kappa shape index (κ2) is 5.91. The van der Waals surface area contributed by atoms with Gasteiger partial charge in [-0.15, -0.1) is 0 Å². The van der Waals surface area contributed by atoms with Crippen molar-refractivity contribution in [3.63, 3.8) is 0 Å². The maximum Gasteiger partial charge on any atom is 0.223 e. The van der Waals surface area contributed by atoms with Crippen LogP contribution in [-0.4, -0.2) is 42.2 Å². The summed E-state index contributed by atoms with van der Waals surface area (Å²) in [4.78, 5) is 11.1. The van der Waals surface area contributed by atoms with Crippen LogP contribution in [-0.2, 0) is 0 Å². The monoisotopic (exact) mass is 304 g/mol. The van der Waals surface area contributed by atoms with E-state index in [1.165, 1.54) is 12.8 Å².